The minimum absolute atomic E-state index is 0.0968. The van der Waals surface area contributed by atoms with Gasteiger partial charge in [-0.2, -0.15) is 0 Å². The van der Waals surface area contributed by atoms with E-state index in [0.29, 0.717) is 36.7 Å². The molecular weight excluding hydrogens is 480 g/mol. The molecule has 0 bridgehead atoms. The van der Waals surface area contributed by atoms with E-state index in [9.17, 15) is 4.79 Å². The lowest BCUT2D eigenvalue weighted by Crippen LogP contribution is -2.21. The van der Waals surface area contributed by atoms with Crippen molar-refractivity contribution in [1.82, 2.24) is 4.98 Å². The number of amidine groups is 2. The van der Waals surface area contributed by atoms with Gasteiger partial charge in [0.2, 0.25) is 0 Å². The molecule has 2 aromatic rings. The fourth-order valence-electron chi connectivity index (χ4n) is 4.52. The van der Waals surface area contributed by atoms with Crippen LogP contribution in [0.4, 0.5) is 0 Å². The lowest BCUT2D eigenvalue weighted by Gasteiger charge is -2.28. The van der Waals surface area contributed by atoms with Crippen molar-refractivity contribution in [3.63, 3.8) is 0 Å². The van der Waals surface area contributed by atoms with Crippen LogP contribution >= 0.6 is 0 Å². The van der Waals surface area contributed by atoms with E-state index in [1.807, 2.05) is 19.1 Å². The molecule has 0 saturated heterocycles. The molecule has 1 fully saturated rings. The lowest BCUT2D eigenvalue weighted by atomic mass is 9.77. The molecule has 8 heteroatoms. The summed E-state index contributed by atoms with van der Waals surface area (Å²) in [5, 5.41) is 0. The van der Waals surface area contributed by atoms with Gasteiger partial charge in [-0.25, -0.2) is 9.98 Å². The highest BCUT2D eigenvalue weighted by Gasteiger charge is 2.24. The monoisotopic (exact) mass is 522 g/mol. The maximum Gasteiger partial charge on any atom is 0.305 e. The van der Waals surface area contributed by atoms with Gasteiger partial charge in [-0.05, 0) is 68.2 Å². The number of carbonyl (C=O) groups is 1. The lowest BCUT2D eigenvalue weighted by molar-refractivity contribution is -0.142. The summed E-state index contributed by atoms with van der Waals surface area (Å²) in [7, 11) is 0.369. The van der Waals surface area contributed by atoms with Gasteiger partial charge in [0.15, 0.2) is 0 Å². The average Bonchev–Trinajstić information content (AvgIpc) is 2.88. The molecule has 3 rings (SSSR count). The topological polar surface area (TPSA) is 99.2 Å². The highest BCUT2D eigenvalue weighted by molar-refractivity contribution is 6.76. The quantitative estimate of drug-likeness (QED) is 0.135. The molecule has 37 heavy (non-hydrogen) atoms. The summed E-state index contributed by atoms with van der Waals surface area (Å²) in [6, 6.07) is 13.7. The Hall–Kier alpha value is -2.84. The van der Waals surface area contributed by atoms with E-state index in [1.54, 1.807) is 6.20 Å². The summed E-state index contributed by atoms with van der Waals surface area (Å²) in [6.45, 7) is 9.84. The molecule has 1 aromatic heterocycles. The molecule has 1 aliphatic rings. The second kappa shape index (κ2) is 13.6. The van der Waals surface area contributed by atoms with Gasteiger partial charge < -0.3 is 15.2 Å². The summed E-state index contributed by atoms with van der Waals surface area (Å²) in [5.41, 5.74) is 10.3. The van der Waals surface area contributed by atoms with Crippen molar-refractivity contribution in [3.8, 4) is 11.3 Å². The number of esters is 1. The summed E-state index contributed by atoms with van der Waals surface area (Å²) in [6.07, 6.45) is 6.66. The van der Waals surface area contributed by atoms with Gasteiger partial charge in [-0.3, -0.25) is 9.78 Å². The average molecular weight is 523 g/mol. The van der Waals surface area contributed by atoms with Gasteiger partial charge in [-0.1, -0.05) is 43.9 Å². The Morgan fingerprint density at radius 1 is 1.08 bits per heavy atom. The van der Waals surface area contributed by atoms with Crippen molar-refractivity contribution in [3.05, 3.63) is 53.7 Å². The third-order valence-corrected chi connectivity index (χ3v) is 8.63. The first kappa shape index (κ1) is 28.7. The summed E-state index contributed by atoms with van der Waals surface area (Å²) >= 11 is 0. The molecule has 0 atom stereocenters. The Morgan fingerprint density at radius 2 is 1.78 bits per heavy atom. The Kier molecular flexibility index (Phi) is 10.6. The molecule has 0 unspecified atom stereocenters. The van der Waals surface area contributed by atoms with Crippen LogP contribution < -0.4 is 5.73 Å². The number of hydrogen-bond donors (Lipinski definition) is 1. The molecule has 1 heterocycles. The molecule has 7 nitrogen and oxygen atoms in total. The van der Waals surface area contributed by atoms with Gasteiger partial charge >= 0.3 is 5.97 Å². The highest BCUT2D eigenvalue weighted by Crippen LogP contribution is 2.37. The predicted octanol–water partition coefficient (Wildman–Crippen LogP) is 6.02. The van der Waals surface area contributed by atoms with Crippen molar-refractivity contribution in [2.24, 2.45) is 21.6 Å². The number of ether oxygens (including phenoxy) is 2. The van der Waals surface area contributed by atoms with Gasteiger partial charge in [0.1, 0.15) is 18.4 Å². The number of hydrogen-bond acceptors (Lipinski definition) is 5. The van der Waals surface area contributed by atoms with Crippen LogP contribution in [0.3, 0.4) is 0 Å². The molecule has 0 aliphatic heterocycles. The van der Waals surface area contributed by atoms with Crippen LogP contribution in [-0.4, -0.2) is 51.1 Å². The smallest absolute Gasteiger partial charge is 0.305 e. The predicted molar refractivity (Wildman–Crippen MR) is 154 cm³/mol. The Labute approximate surface area is 222 Å². The molecule has 1 saturated carbocycles. The summed E-state index contributed by atoms with van der Waals surface area (Å²) in [4.78, 5) is 24.9. The van der Waals surface area contributed by atoms with Gasteiger partial charge in [0.05, 0.1) is 12.8 Å². The van der Waals surface area contributed by atoms with E-state index < -0.39 is 8.07 Å². The molecule has 0 radical (unpaired) electrons. The van der Waals surface area contributed by atoms with Gasteiger partial charge in [0.25, 0.3) is 0 Å². The molecule has 1 aliphatic carbocycles. The van der Waals surface area contributed by atoms with E-state index in [1.165, 1.54) is 12.7 Å². The Bertz CT molecular complexity index is 1070. The van der Waals surface area contributed by atoms with Crippen molar-refractivity contribution in [2.75, 3.05) is 20.4 Å². The van der Waals surface area contributed by atoms with Crippen LogP contribution in [0.1, 0.15) is 56.1 Å². The first-order valence-electron chi connectivity index (χ1n) is 13.2. The zero-order valence-electron chi connectivity index (χ0n) is 23.0. The zero-order chi connectivity index (χ0) is 26.8. The number of aromatic nitrogens is 1. The number of aliphatic imine (C=N–C) groups is 2. The van der Waals surface area contributed by atoms with Crippen LogP contribution in [0.15, 0.2) is 52.6 Å². The van der Waals surface area contributed by atoms with Crippen molar-refractivity contribution >= 4 is 25.7 Å². The molecule has 2 N–H and O–H groups in total. The molecule has 200 valence electrons. The second-order valence-corrected chi connectivity index (χ2v) is 16.7. The van der Waals surface area contributed by atoms with Crippen LogP contribution in [0.25, 0.3) is 11.3 Å². The number of methoxy groups -OCH3 is 1. The first-order valence-corrected chi connectivity index (χ1v) is 16.9. The minimum Gasteiger partial charge on any atom is -0.469 e. The number of carbonyl (C=O) groups excluding carboxylic acids is 1. The largest absolute Gasteiger partial charge is 0.469 e. The number of benzene rings is 1. The van der Waals surface area contributed by atoms with E-state index in [4.69, 9.17) is 15.2 Å². The first-order chi connectivity index (χ1) is 17.6. The Morgan fingerprint density at radius 3 is 2.38 bits per heavy atom. The van der Waals surface area contributed by atoms with E-state index in [2.05, 4.69) is 58.9 Å². The van der Waals surface area contributed by atoms with Crippen molar-refractivity contribution in [2.45, 2.75) is 70.6 Å². The molecule has 1 aromatic carbocycles. The number of pyridine rings is 1. The number of rotatable bonds is 10. The molecular formula is C29H42N4O3Si. The normalized spacial score (nSPS) is 19.1. The number of nitrogens with zero attached hydrogens (tertiary/aromatic N) is 3. The number of nitrogens with two attached hydrogens (primary N) is 1. The third-order valence-electron chi connectivity index (χ3n) is 6.93. The van der Waals surface area contributed by atoms with Gasteiger partial charge in [-0.15, -0.1) is 0 Å². The third kappa shape index (κ3) is 9.52. The van der Waals surface area contributed by atoms with Crippen LogP contribution in [0, 0.1) is 5.92 Å². The van der Waals surface area contributed by atoms with Crippen LogP contribution in [-0.2, 0) is 14.3 Å². The second-order valence-electron chi connectivity index (χ2n) is 11.1. The van der Waals surface area contributed by atoms with Crippen LogP contribution in [0.5, 0.6) is 0 Å². The highest BCUT2D eigenvalue weighted by atomic mass is 28.3. The Balaban J connectivity index is 1.52. The standard InChI is InChI=1S/C29H42N4O3Si/c1-21(32-20-36-16-17-37(3,4)5)33-29(30)26-14-15-27(31-19-26)25-12-10-24(11-13-25)23-8-6-22(7-9-23)18-28(34)35-2/h10-15,19,22-23H,6-9,16-18,20H2,1-5H3,(H2,30,32,33). The fourth-order valence-corrected chi connectivity index (χ4v) is 5.27. The van der Waals surface area contributed by atoms with Crippen molar-refractivity contribution < 1.29 is 14.3 Å². The van der Waals surface area contributed by atoms with E-state index in [0.717, 1.165) is 55.2 Å². The van der Waals surface area contributed by atoms with E-state index in [-0.39, 0.29) is 5.97 Å². The van der Waals surface area contributed by atoms with Gasteiger partial charge in [0, 0.05) is 38.4 Å². The maximum atomic E-state index is 11.5. The summed E-state index contributed by atoms with van der Waals surface area (Å²) < 4.78 is 10.4. The van der Waals surface area contributed by atoms with Crippen LogP contribution in [0.2, 0.25) is 25.7 Å². The SMILES string of the molecule is COC(=O)CC1CCC(c2ccc(-c3ccc(C(N)=NC(C)=NCOCC[Si](C)(C)C)cn3)cc2)CC1. The fraction of sp³-hybridized carbons (Fsp3) is 0.517. The zero-order valence-corrected chi connectivity index (χ0v) is 24.0. The van der Waals surface area contributed by atoms with E-state index >= 15 is 0 Å². The molecule has 0 amide bonds. The summed E-state index contributed by atoms with van der Waals surface area (Å²) in [5.74, 6) is 1.88. The minimum atomic E-state index is -1.09. The maximum absolute atomic E-state index is 11.5. The van der Waals surface area contributed by atoms with Crippen molar-refractivity contribution in [1.29, 1.82) is 0 Å². The molecule has 0 spiro atoms.